The highest BCUT2D eigenvalue weighted by atomic mass is 16.5. The molecule has 0 saturated carbocycles. The summed E-state index contributed by atoms with van der Waals surface area (Å²) in [5.41, 5.74) is 1.35. The van der Waals surface area contributed by atoms with Crippen LogP contribution in [0.4, 0.5) is 0 Å². The van der Waals surface area contributed by atoms with Gasteiger partial charge in [0.1, 0.15) is 5.75 Å². The summed E-state index contributed by atoms with van der Waals surface area (Å²) in [7, 11) is 0. The van der Waals surface area contributed by atoms with Crippen LogP contribution in [0.2, 0.25) is 0 Å². The van der Waals surface area contributed by atoms with Crippen LogP contribution in [-0.4, -0.2) is 28.4 Å². The van der Waals surface area contributed by atoms with Crippen LogP contribution in [0.1, 0.15) is 30.1 Å². The number of hydrogen-bond acceptors (Lipinski definition) is 3. The summed E-state index contributed by atoms with van der Waals surface area (Å²) in [6.45, 7) is 2.44. The normalized spacial score (nSPS) is 10.6. The highest BCUT2D eigenvalue weighted by Gasteiger charge is 2.14. The van der Waals surface area contributed by atoms with Crippen LogP contribution in [0.15, 0.2) is 24.4 Å². The number of hydrogen-bond donors (Lipinski definition) is 2. The number of nitrogens with one attached hydrogen (secondary N) is 1. The smallest absolute Gasteiger partial charge is 0.303 e. The monoisotopic (exact) mass is 261 g/mol. The van der Waals surface area contributed by atoms with E-state index in [-0.39, 0.29) is 18.6 Å². The molecule has 19 heavy (non-hydrogen) atoms. The van der Waals surface area contributed by atoms with E-state index in [2.05, 4.69) is 4.98 Å². The third-order valence-corrected chi connectivity index (χ3v) is 2.83. The summed E-state index contributed by atoms with van der Waals surface area (Å²) in [5, 5.41) is 9.37. The van der Waals surface area contributed by atoms with Gasteiger partial charge in [-0.2, -0.15) is 0 Å². The van der Waals surface area contributed by atoms with Gasteiger partial charge in [-0.3, -0.25) is 9.59 Å². The van der Waals surface area contributed by atoms with Crippen LogP contribution >= 0.6 is 0 Å². The number of benzene rings is 1. The Morgan fingerprint density at radius 2 is 2.11 bits per heavy atom. The predicted octanol–water partition coefficient (Wildman–Crippen LogP) is 2.61. The molecule has 0 bridgehead atoms. The lowest BCUT2D eigenvalue weighted by Crippen LogP contribution is -2.03. The Kier molecular flexibility index (Phi) is 3.85. The summed E-state index contributed by atoms with van der Waals surface area (Å²) in [4.78, 5) is 25.5. The quantitative estimate of drug-likeness (QED) is 0.783. The molecule has 5 heteroatoms. The van der Waals surface area contributed by atoms with Crippen LogP contribution in [0, 0.1) is 0 Å². The Labute approximate surface area is 110 Å². The minimum absolute atomic E-state index is 0.00114. The molecule has 0 aliphatic heterocycles. The van der Waals surface area contributed by atoms with Gasteiger partial charge in [0.05, 0.1) is 13.0 Å². The zero-order valence-electron chi connectivity index (χ0n) is 10.6. The van der Waals surface area contributed by atoms with Gasteiger partial charge in [-0.05, 0) is 25.1 Å². The van der Waals surface area contributed by atoms with E-state index in [1.807, 2.05) is 19.1 Å². The van der Waals surface area contributed by atoms with Crippen molar-refractivity contribution in [3.05, 3.63) is 30.0 Å². The van der Waals surface area contributed by atoms with Crippen molar-refractivity contribution in [2.24, 2.45) is 0 Å². The Hall–Kier alpha value is -2.30. The second kappa shape index (κ2) is 5.56. The van der Waals surface area contributed by atoms with Gasteiger partial charge in [0, 0.05) is 29.1 Å². The van der Waals surface area contributed by atoms with Gasteiger partial charge in [-0.1, -0.05) is 0 Å². The Morgan fingerprint density at radius 3 is 2.79 bits per heavy atom. The largest absolute Gasteiger partial charge is 0.494 e. The summed E-state index contributed by atoms with van der Waals surface area (Å²) in [6, 6.07) is 5.46. The summed E-state index contributed by atoms with van der Waals surface area (Å²) >= 11 is 0. The van der Waals surface area contributed by atoms with Crippen LogP contribution in [0.25, 0.3) is 10.9 Å². The first-order valence-electron chi connectivity index (χ1n) is 6.10. The molecule has 0 unspecified atom stereocenters. The van der Waals surface area contributed by atoms with Gasteiger partial charge in [0.2, 0.25) is 0 Å². The summed E-state index contributed by atoms with van der Waals surface area (Å²) in [6.07, 6.45) is 1.46. The number of carboxylic acid groups (broad SMARTS) is 1. The lowest BCUT2D eigenvalue weighted by Gasteiger charge is -2.03. The average Bonchev–Trinajstić information content (AvgIpc) is 2.79. The first-order valence-corrected chi connectivity index (χ1v) is 6.10. The molecule has 100 valence electrons. The summed E-state index contributed by atoms with van der Waals surface area (Å²) < 4.78 is 5.40. The van der Waals surface area contributed by atoms with Crippen molar-refractivity contribution in [3.8, 4) is 5.75 Å². The molecule has 5 nitrogen and oxygen atoms in total. The SMILES string of the molecule is CCOc1ccc2[nH]cc(C(=O)CCC(=O)O)c2c1. The molecule has 1 heterocycles. The van der Waals surface area contributed by atoms with Gasteiger partial charge >= 0.3 is 5.97 Å². The number of carbonyl (C=O) groups is 2. The number of carbonyl (C=O) groups excluding carboxylic acids is 1. The second-order valence-electron chi connectivity index (χ2n) is 4.16. The lowest BCUT2D eigenvalue weighted by atomic mass is 10.1. The zero-order chi connectivity index (χ0) is 13.8. The first kappa shape index (κ1) is 13.1. The van der Waals surface area contributed by atoms with E-state index in [4.69, 9.17) is 9.84 Å². The molecule has 0 atom stereocenters. The fourth-order valence-electron chi connectivity index (χ4n) is 1.94. The highest BCUT2D eigenvalue weighted by molar-refractivity contribution is 6.08. The van der Waals surface area contributed by atoms with E-state index in [1.54, 1.807) is 12.3 Å². The zero-order valence-corrected chi connectivity index (χ0v) is 10.6. The molecule has 0 fully saturated rings. The molecule has 2 N–H and O–H groups in total. The second-order valence-corrected chi connectivity index (χ2v) is 4.16. The number of ketones is 1. The van der Waals surface area contributed by atoms with Crippen LogP contribution in [-0.2, 0) is 4.79 Å². The fraction of sp³-hybridized carbons (Fsp3) is 0.286. The Bertz CT molecular complexity index is 615. The number of aromatic nitrogens is 1. The van der Waals surface area contributed by atoms with Crippen molar-refractivity contribution >= 4 is 22.7 Å². The first-order chi connectivity index (χ1) is 9.11. The number of ether oxygens (including phenoxy) is 1. The van der Waals surface area contributed by atoms with Crippen molar-refractivity contribution in [2.75, 3.05) is 6.61 Å². The van der Waals surface area contributed by atoms with Crippen molar-refractivity contribution in [1.82, 2.24) is 4.98 Å². The molecule has 0 spiro atoms. The molecule has 0 amide bonds. The van der Waals surface area contributed by atoms with Crippen LogP contribution in [0.3, 0.4) is 0 Å². The number of H-pyrrole nitrogens is 1. The van der Waals surface area contributed by atoms with E-state index < -0.39 is 5.97 Å². The molecule has 2 aromatic rings. The minimum Gasteiger partial charge on any atom is -0.494 e. The number of carboxylic acids is 1. The number of aliphatic carboxylic acids is 1. The number of Topliss-reactive ketones (excluding diaryl/α,β-unsaturated/α-hetero) is 1. The Balaban J connectivity index is 2.29. The Morgan fingerprint density at radius 1 is 1.32 bits per heavy atom. The summed E-state index contributed by atoms with van der Waals surface area (Å²) in [5.74, 6) is -0.452. The van der Waals surface area contributed by atoms with Crippen molar-refractivity contribution in [1.29, 1.82) is 0 Å². The van der Waals surface area contributed by atoms with Crippen molar-refractivity contribution in [3.63, 3.8) is 0 Å². The number of fused-ring (bicyclic) bond motifs is 1. The van der Waals surface area contributed by atoms with E-state index in [0.717, 1.165) is 10.9 Å². The maximum absolute atomic E-state index is 12.0. The third-order valence-electron chi connectivity index (χ3n) is 2.83. The van der Waals surface area contributed by atoms with Crippen LogP contribution in [0.5, 0.6) is 5.75 Å². The molecule has 2 rings (SSSR count). The molecular weight excluding hydrogens is 246 g/mol. The van der Waals surface area contributed by atoms with E-state index >= 15 is 0 Å². The minimum atomic E-state index is -0.969. The van der Waals surface area contributed by atoms with Crippen molar-refractivity contribution < 1.29 is 19.4 Å². The predicted molar refractivity (Wildman–Crippen MR) is 70.7 cm³/mol. The molecule has 0 aliphatic rings. The fourth-order valence-corrected chi connectivity index (χ4v) is 1.94. The van der Waals surface area contributed by atoms with Crippen LogP contribution < -0.4 is 4.74 Å². The number of aromatic amines is 1. The molecule has 0 aliphatic carbocycles. The molecule has 1 aromatic heterocycles. The highest BCUT2D eigenvalue weighted by Crippen LogP contribution is 2.25. The standard InChI is InChI=1S/C14H15NO4/c1-2-19-9-3-4-12-10(7-9)11(8-15-12)13(16)5-6-14(17)18/h3-4,7-8,15H,2,5-6H2,1H3,(H,17,18). The van der Waals surface area contributed by atoms with Gasteiger partial charge in [-0.15, -0.1) is 0 Å². The maximum atomic E-state index is 12.0. The van der Waals surface area contributed by atoms with E-state index in [0.29, 0.717) is 17.9 Å². The van der Waals surface area contributed by atoms with E-state index in [9.17, 15) is 9.59 Å². The molecular formula is C14H15NO4. The van der Waals surface area contributed by atoms with Gasteiger partial charge in [0.15, 0.2) is 5.78 Å². The molecule has 0 radical (unpaired) electrons. The maximum Gasteiger partial charge on any atom is 0.303 e. The van der Waals surface area contributed by atoms with Crippen molar-refractivity contribution in [2.45, 2.75) is 19.8 Å². The van der Waals surface area contributed by atoms with E-state index in [1.165, 1.54) is 0 Å². The topological polar surface area (TPSA) is 79.4 Å². The molecule has 0 saturated heterocycles. The number of rotatable bonds is 6. The van der Waals surface area contributed by atoms with Gasteiger partial charge in [0.25, 0.3) is 0 Å². The lowest BCUT2D eigenvalue weighted by molar-refractivity contribution is -0.136. The van der Waals surface area contributed by atoms with Gasteiger partial charge < -0.3 is 14.8 Å². The average molecular weight is 261 g/mol. The molecule has 1 aromatic carbocycles. The third kappa shape index (κ3) is 2.93. The van der Waals surface area contributed by atoms with Gasteiger partial charge in [-0.25, -0.2) is 0 Å².